The van der Waals surface area contributed by atoms with Crippen molar-refractivity contribution in [3.05, 3.63) is 48.3 Å². The molecule has 0 unspecified atom stereocenters. The lowest BCUT2D eigenvalue weighted by atomic mass is 10.3. The lowest BCUT2D eigenvalue weighted by Crippen LogP contribution is -2.31. The Kier molecular flexibility index (Phi) is 4.42. The third-order valence-electron chi connectivity index (χ3n) is 3.86. The highest BCUT2D eigenvalue weighted by Crippen LogP contribution is 2.18. The van der Waals surface area contributed by atoms with Crippen LogP contribution in [-0.4, -0.2) is 39.8 Å². The van der Waals surface area contributed by atoms with E-state index in [0.29, 0.717) is 19.5 Å². The summed E-state index contributed by atoms with van der Waals surface area (Å²) in [6.45, 7) is 4.07. The van der Waals surface area contributed by atoms with Gasteiger partial charge in [0.2, 0.25) is 5.91 Å². The molecule has 116 valence electrons. The molecule has 3 rings (SSSR count). The van der Waals surface area contributed by atoms with Crippen LogP contribution in [0.2, 0.25) is 0 Å². The molecule has 1 amide bonds. The van der Waals surface area contributed by atoms with Gasteiger partial charge in [0, 0.05) is 32.1 Å². The summed E-state index contributed by atoms with van der Waals surface area (Å²) in [6, 6.07) is 9.78. The molecule has 0 radical (unpaired) electrons. The first-order valence-electron chi connectivity index (χ1n) is 7.69. The summed E-state index contributed by atoms with van der Waals surface area (Å²) in [5, 5.41) is 4.21. The van der Waals surface area contributed by atoms with Gasteiger partial charge in [-0.3, -0.25) is 9.48 Å². The summed E-state index contributed by atoms with van der Waals surface area (Å²) in [5.41, 5.74) is 1.12. The minimum absolute atomic E-state index is 0.0956. The topological polar surface area (TPSA) is 47.4 Å². The minimum Gasteiger partial charge on any atom is -0.489 e. The first kappa shape index (κ1) is 14.6. The second-order valence-corrected chi connectivity index (χ2v) is 5.71. The highest BCUT2D eigenvalue weighted by atomic mass is 16.5. The quantitative estimate of drug-likeness (QED) is 0.851. The van der Waals surface area contributed by atoms with Gasteiger partial charge in [-0.05, 0) is 24.6 Å². The van der Waals surface area contributed by atoms with Crippen LogP contribution in [0.1, 0.15) is 18.4 Å². The highest BCUT2D eigenvalue weighted by molar-refractivity contribution is 5.76. The van der Waals surface area contributed by atoms with Crippen molar-refractivity contribution in [1.29, 1.82) is 0 Å². The number of ether oxygens (including phenoxy) is 1. The van der Waals surface area contributed by atoms with E-state index in [9.17, 15) is 4.79 Å². The summed E-state index contributed by atoms with van der Waals surface area (Å²) in [6.07, 6.45) is 5.24. The zero-order valence-electron chi connectivity index (χ0n) is 12.8. The maximum Gasteiger partial charge on any atom is 0.224 e. The van der Waals surface area contributed by atoms with Crippen molar-refractivity contribution in [2.45, 2.75) is 32.4 Å². The smallest absolute Gasteiger partial charge is 0.224 e. The van der Waals surface area contributed by atoms with E-state index >= 15 is 0 Å². The molecule has 0 aliphatic carbocycles. The molecule has 1 fully saturated rings. The van der Waals surface area contributed by atoms with Crippen LogP contribution >= 0.6 is 0 Å². The molecule has 0 spiro atoms. The number of aryl methyl sites for hydroxylation is 2. The van der Waals surface area contributed by atoms with Crippen LogP contribution in [0.3, 0.4) is 0 Å². The van der Waals surface area contributed by atoms with E-state index in [1.165, 1.54) is 0 Å². The van der Waals surface area contributed by atoms with Crippen molar-refractivity contribution in [3.8, 4) is 5.75 Å². The number of hydrogen-bond donors (Lipinski definition) is 0. The Labute approximate surface area is 130 Å². The molecule has 22 heavy (non-hydrogen) atoms. The largest absolute Gasteiger partial charge is 0.489 e. The predicted molar refractivity (Wildman–Crippen MR) is 83.6 cm³/mol. The molecule has 0 saturated carbocycles. The molecule has 1 aromatic carbocycles. The predicted octanol–water partition coefficient (Wildman–Crippen LogP) is 2.26. The Hall–Kier alpha value is -2.30. The van der Waals surface area contributed by atoms with Crippen molar-refractivity contribution >= 4 is 5.91 Å². The van der Waals surface area contributed by atoms with Crippen LogP contribution in [0.5, 0.6) is 5.75 Å². The second-order valence-electron chi connectivity index (χ2n) is 5.71. The number of nitrogens with zero attached hydrogens (tertiary/aromatic N) is 3. The maximum atomic E-state index is 12.3. The standard InChI is InChI=1S/C17H21N3O2/c1-14-11-18-20(12-14)10-8-17(21)19-9-7-16(13-19)22-15-5-3-2-4-6-15/h2-6,11-12,16H,7-10,13H2,1H3/t16-/m1/s1. The molecule has 0 bridgehead atoms. The fourth-order valence-corrected chi connectivity index (χ4v) is 2.70. The number of para-hydroxylation sites is 1. The molecule has 5 heteroatoms. The Balaban J connectivity index is 1.46. The number of likely N-dealkylation sites (tertiary alicyclic amines) is 1. The third kappa shape index (κ3) is 3.67. The minimum atomic E-state index is 0.0956. The molecule has 2 aromatic rings. The van der Waals surface area contributed by atoms with Crippen molar-refractivity contribution in [2.75, 3.05) is 13.1 Å². The molecule has 2 heterocycles. The van der Waals surface area contributed by atoms with Crippen molar-refractivity contribution in [3.63, 3.8) is 0 Å². The number of carbonyl (C=O) groups is 1. The maximum absolute atomic E-state index is 12.3. The van der Waals surface area contributed by atoms with Gasteiger partial charge in [0.05, 0.1) is 12.7 Å². The van der Waals surface area contributed by atoms with Gasteiger partial charge in [-0.25, -0.2) is 0 Å². The Morgan fingerprint density at radius 2 is 2.18 bits per heavy atom. The second kappa shape index (κ2) is 6.64. The van der Waals surface area contributed by atoms with E-state index in [4.69, 9.17) is 4.74 Å². The van der Waals surface area contributed by atoms with Crippen LogP contribution < -0.4 is 4.74 Å². The first-order chi connectivity index (χ1) is 10.7. The number of aromatic nitrogens is 2. The van der Waals surface area contributed by atoms with Crippen LogP contribution in [0.4, 0.5) is 0 Å². The van der Waals surface area contributed by atoms with Gasteiger partial charge in [0.15, 0.2) is 0 Å². The van der Waals surface area contributed by atoms with Gasteiger partial charge < -0.3 is 9.64 Å². The normalized spacial score (nSPS) is 17.7. The molecule has 1 atom stereocenters. The summed E-state index contributed by atoms with van der Waals surface area (Å²) >= 11 is 0. The van der Waals surface area contributed by atoms with Gasteiger partial charge in [-0.2, -0.15) is 5.10 Å². The van der Waals surface area contributed by atoms with E-state index < -0.39 is 0 Å². The fraction of sp³-hybridized carbons (Fsp3) is 0.412. The molecular weight excluding hydrogens is 278 g/mol. The molecule has 5 nitrogen and oxygen atoms in total. The summed E-state index contributed by atoms with van der Waals surface area (Å²) < 4.78 is 7.73. The van der Waals surface area contributed by atoms with Gasteiger partial charge in [-0.15, -0.1) is 0 Å². The molecule has 1 aromatic heterocycles. The SMILES string of the molecule is Cc1cnn(CCC(=O)N2CC[C@@H](Oc3ccccc3)C2)c1. The summed E-state index contributed by atoms with van der Waals surface area (Å²) in [5.74, 6) is 1.04. The Bertz CT molecular complexity index is 624. The molecular formula is C17H21N3O2. The van der Waals surface area contributed by atoms with E-state index in [1.807, 2.05) is 59.2 Å². The van der Waals surface area contributed by atoms with E-state index in [0.717, 1.165) is 24.3 Å². The van der Waals surface area contributed by atoms with Crippen LogP contribution in [0.25, 0.3) is 0 Å². The Morgan fingerprint density at radius 3 is 2.91 bits per heavy atom. The third-order valence-corrected chi connectivity index (χ3v) is 3.86. The van der Waals surface area contributed by atoms with Crippen molar-refractivity contribution < 1.29 is 9.53 Å². The average Bonchev–Trinajstić information content (AvgIpc) is 3.15. The number of hydrogen-bond acceptors (Lipinski definition) is 3. The van der Waals surface area contributed by atoms with Crippen molar-refractivity contribution in [2.24, 2.45) is 0 Å². The zero-order valence-corrected chi connectivity index (χ0v) is 12.8. The molecule has 1 aliphatic rings. The molecule has 1 aliphatic heterocycles. The van der Waals surface area contributed by atoms with Gasteiger partial charge in [-0.1, -0.05) is 18.2 Å². The fourth-order valence-electron chi connectivity index (χ4n) is 2.70. The van der Waals surface area contributed by atoms with Crippen molar-refractivity contribution in [1.82, 2.24) is 14.7 Å². The summed E-state index contributed by atoms with van der Waals surface area (Å²) in [7, 11) is 0. The number of rotatable bonds is 5. The zero-order chi connectivity index (χ0) is 15.4. The average molecular weight is 299 g/mol. The van der Waals surface area contributed by atoms with Gasteiger partial charge in [0.1, 0.15) is 11.9 Å². The highest BCUT2D eigenvalue weighted by Gasteiger charge is 2.27. The Morgan fingerprint density at radius 1 is 1.36 bits per heavy atom. The first-order valence-corrected chi connectivity index (χ1v) is 7.69. The van der Waals surface area contributed by atoms with Gasteiger partial charge in [0.25, 0.3) is 0 Å². The molecule has 0 N–H and O–H groups in total. The number of carbonyl (C=O) groups excluding carboxylic acids is 1. The lowest BCUT2D eigenvalue weighted by Gasteiger charge is -2.17. The van der Waals surface area contributed by atoms with Crippen LogP contribution in [0, 0.1) is 6.92 Å². The van der Waals surface area contributed by atoms with Crippen LogP contribution in [0.15, 0.2) is 42.7 Å². The lowest BCUT2D eigenvalue weighted by molar-refractivity contribution is -0.130. The number of benzene rings is 1. The van der Waals surface area contributed by atoms with E-state index in [-0.39, 0.29) is 12.0 Å². The van der Waals surface area contributed by atoms with E-state index in [1.54, 1.807) is 0 Å². The monoisotopic (exact) mass is 299 g/mol. The van der Waals surface area contributed by atoms with Crippen LogP contribution in [-0.2, 0) is 11.3 Å². The molecule has 1 saturated heterocycles. The van der Waals surface area contributed by atoms with E-state index in [2.05, 4.69) is 5.10 Å². The number of amides is 1. The van der Waals surface area contributed by atoms with Gasteiger partial charge >= 0.3 is 0 Å². The summed E-state index contributed by atoms with van der Waals surface area (Å²) in [4.78, 5) is 14.1.